The number of hydrogen-bond donors (Lipinski definition) is 1. The Morgan fingerprint density at radius 2 is 1.76 bits per heavy atom. The van der Waals surface area contributed by atoms with Crippen LogP contribution in [0.2, 0.25) is 0 Å². The maximum absolute atomic E-state index is 6.13. The van der Waals surface area contributed by atoms with Crippen molar-refractivity contribution in [3.05, 3.63) is 0 Å². The van der Waals surface area contributed by atoms with Crippen molar-refractivity contribution < 1.29 is 9.64 Å². The summed E-state index contributed by atoms with van der Waals surface area (Å²) in [5.41, 5.74) is -0.238. The van der Waals surface area contributed by atoms with Gasteiger partial charge in [-0.15, -0.1) is 0 Å². The first-order valence-electron chi connectivity index (χ1n) is 6.94. The quantitative estimate of drug-likeness (QED) is 0.738. The van der Waals surface area contributed by atoms with Gasteiger partial charge in [0.2, 0.25) is 0 Å². The van der Waals surface area contributed by atoms with Crippen molar-refractivity contribution >= 4 is 0 Å². The molecule has 1 aliphatic heterocycles. The normalized spacial score (nSPS) is 27.6. The van der Waals surface area contributed by atoms with Gasteiger partial charge in [-0.05, 0) is 59.8 Å². The minimum Gasteiger partial charge on any atom is -0.357 e. The molecule has 1 aliphatic rings. The molecule has 0 bridgehead atoms. The SMILES string of the molecule is CC[NH+](CC)CC#C[C@]1(C)CCCC(C)(C)O1. The van der Waals surface area contributed by atoms with Crippen LogP contribution < -0.4 is 4.90 Å². The number of hydrogen-bond acceptors (Lipinski definition) is 1. The molecule has 0 unspecified atom stereocenters. The highest BCUT2D eigenvalue weighted by Gasteiger charge is 2.35. The lowest BCUT2D eigenvalue weighted by atomic mass is 9.88. The van der Waals surface area contributed by atoms with Gasteiger partial charge in [-0.25, -0.2) is 0 Å². The fourth-order valence-corrected chi connectivity index (χ4v) is 2.51. The van der Waals surface area contributed by atoms with E-state index in [9.17, 15) is 0 Å². The van der Waals surface area contributed by atoms with Crippen LogP contribution in [0.5, 0.6) is 0 Å². The Kier molecular flexibility index (Phi) is 5.04. The Hall–Kier alpha value is -0.520. The number of rotatable bonds is 3. The zero-order valence-corrected chi connectivity index (χ0v) is 12.2. The molecule has 1 heterocycles. The summed E-state index contributed by atoms with van der Waals surface area (Å²) in [6, 6.07) is 0. The first-order valence-corrected chi connectivity index (χ1v) is 6.94. The second-order valence-electron chi connectivity index (χ2n) is 5.88. The lowest BCUT2D eigenvalue weighted by Crippen LogP contribution is -3.11. The zero-order chi connectivity index (χ0) is 12.9. The summed E-state index contributed by atoms with van der Waals surface area (Å²) in [6.07, 6.45) is 3.43. The molecular weight excluding hydrogens is 210 g/mol. The Labute approximate surface area is 107 Å². The van der Waals surface area contributed by atoms with Crippen LogP contribution in [0.25, 0.3) is 0 Å². The van der Waals surface area contributed by atoms with Gasteiger partial charge in [0.15, 0.2) is 0 Å². The lowest BCUT2D eigenvalue weighted by Gasteiger charge is -2.40. The molecule has 2 heteroatoms. The molecule has 1 fully saturated rings. The summed E-state index contributed by atoms with van der Waals surface area (Å²) in [4.78, 5) is 1.54. The van der Waals surface area contributed by atoms with E-state index in [1.807, 2.05) is 0 Å². The van der Waals surface area contributed by atoms with Crippen LogP contribution >= 0.6 is 0 Å². The molecule has 98 valence electrons. The van der Waals surface area contributed by atoms with Crippen molar-refractivity contribution in [2.24, 2.45) is 0 Å². The third-order valence-corrected chi connectivity index (χ3v) is 3.63. The maximum Gasteiger partial charge on any atom is 0.139 e. The predicted molar refractivity (Wildman–Crippen MR) is 72.1 cm³/mol. The smallest absolute Gasteiger partial charge is 0.139 e. The second kappa shape index (κ2) is 5.89. The van der Waals surface area contributed by atoms with Gasteiger partial charge in [-0.3, -0.25) is 0 Å². The molecule has 1 atom stereocenters. The van der Waals surface area contributed by atoms with E-state index >= 15 is 0 Å². The fraction of sp³-hybridized carbons (Fsp3) is 0.867. The molecule has 1 saturated heterocycles. The third kappa shape index (κ3) is 4.69. The monoisotopic (exact) mass is 238 g/mol. The molecule has 17 heavy (non-hydrogen) atoms. The first-order chi connectivity index (χ1) is 7.91. The molecule has 2 nitrogen and oxygen atoms in total. The summed E-state index contributed by atoms with van der Waals surface area (Å²) >= 11 is 0. The molecule has 0 aromatic carbocycles. The molecule has 0 saturated carbocycles. The molecule has 0 aliphatic carbocycles. The predicted octanol–water partition coefficient (Wildman–Crippen LogP) is 1.65. The van der Waals surface area contributed by atoms with E-state index in [0.29, 0.717) is 0 Å². The van der Waals surface area contributed by atoms with E-state index < -0.39 is 0 Å². The van der Waals surface area contributed by atoms with Crippen LogP contribution in [0.15, 0.2) is 0 Å². The van der Waals surface area contributed by atoms with Crippen LogP contribution in [0.4, 0.5) is 0 Å². The minimum atomic E-state index is -0.228. The first kappa shape index (κ1) is 14.5. The molecule has 1 rings (SSSR count). The summed E-state index contributed by atoms with van der Waals surface area (Å²) < 4.78 is 6.13. The van der Waals surface area contributed by atoms with E-state index in [1.165, 1.54) is 11.3 Å². The van der Waals surface area contributed by atoms with Gasteiger partial charge in [0.1, 0.15) is 12.1 Å². The molecule has 0 aromatic rings. The van der Waals surface area contributed by atoms with E-state index in [0.717, 1.165) is 32.5 Å². The molecule has 1 N–H and O–H groups in total. The average molecular weight is 238 g/mol. The van der Waals surface area contributed by atoms with Gasteiger partial charge in [0, 0.05) is 0 Å². The highest BCUT2D eigenvalue weighted by Crippen LogP contribution is 2.34. The number of quaternary nitrogens is 1. The van der Waals surface area contributed by atoms with Gasteiger partial charge < -0.3 is 9.64 Å². The number of ether oxygens (including phenoxy) is 1. The Bertz CT molecular complexity index is 296. The highest BCUT2D eigenvalue weighted by atomic mass is 16.5. The Morgan fingerprint density at radius 3 is 2.29 bits per heavy atom. The van der Waals surface area contributed by atoms with Crippen molar-refractivity contribution in [3.8, 4) is 11.8 Å². The molecule has 0 amide bonds. The van der Waals surface area contributed by atoms with E-state index in [4.69, 9.17) is 4.74 Å². The van der Waals surface area contributed by atoms with Crippen molar-refractivity contribution in [1.82, 2.24) is 0 Å². The van der Waals surface area contributed by atoms with E-state index in [1.54, 1.807) is 0 Å². The zero-order valence-electron chi connectivity index (χ0n) is 12.2. The molecule has 0 aromatic heterocycles. The van der Waals surface area contributed by atoms with Crippen LogP contribution in [-0.2, 0) is 4.74 Å². The summed E-state index contributed by atoms with van der Waals surface area (Å²) in [6.45, 7) is 14.1. The second-order valence-corrected chi connectivity index (χ2v) is 5.88. The summed E-state index contributed by atoms with van der Waals surface area (Å²) in [5.74, 6) is 6.68. The van der Waals surface area contributed by atoms with Crippen LogP contribution in [0, 0.1) is 11.8 Å². The average Bonchev–Trinajstić information content (AvgIpc) is 2.22. The van der Waals surface area contributed by atoms with Crippen LogP contribution in [0.1, 0.15) is 53.9 Å². The van der Waals surface area contributed by atoms with E-state index in [2.05, 4.69) is 46.5 Å². The Balaban J connectivity index is 2.57. The van der Waals surface area contributed by atoms with Crippen molar-refractivity contribution in [2.45, 2.75) is 65.1 Å². The molecular formula is C15H28NO+. The molecule has 0 spiro atoms. The van der Waals surface area contributed by atoms with Gasteiger partial charge in [-0.2, -0.15) is 0 Å². The van der Waals surface area contributed by atoms with Gasteiger partial charge in [0.25, 0.3) is 0 Å². The third-order valence-electron chi connectivity index (χ3n) is 3.63. The summed E-state index contributed by atoms with van der Waals surface area (Å²) in [5, 5.41) is 0. The number of nitrogens with one attached hydrogen (secondary N) is 1. The van der Waals surface area contributed by atoms with Crippen molar-refractivity contribution in [1.29, 1.82) is 0 Å². The van der Waals surface area contributed by atoms with Gasteiger partial charge in [0.05, 0.1) is 18.7 Å². The van der Waals surface area contributed by atoms with Crippen LogP contribution in [0.3, 0.4) is 0 Å². The largest absolute Gasteiger partial charge is 0.357 e. The van der Waals surface area contributed by atoms with Gasteiger partial charge in [-0.1, -0.05) is 5.92 Å². The summed E-state index contributed by atoms with van der Waals surface area (Å²) in [7, 11) is 0. The Morgan fingerprint density at radius 1 is 1.12 bits per heavy atom. The minimum absolute atomic E-state index is 0.0102. The lowest BCUT2D eigenvalue weighted by molar-refractivity contribution is -0.889. The van der Waals surface area contributed by atoms with Crippen molar-refractivity contribution in [2.75, 3.05) is 19.6 Å². The van der Waals surface area contributed by atoms with Gasteiger partial charge >= 0.3 is 0 Å². The highest BCUT2D eigenvalue weighted by molar-refractivity contribution is 5.14. The van der Waals surface area contributed by atoms with Crippen molar-refractivity contribution in [3.63, 3.8) is 0 Å². The topological polar surface area (TPSA) is 13.7 Å². The van der Waals surface area contributed by atoms with Crippen LogP contribution in [-0.4, -0.2) is 30.8 Å². The molecule has 0 radical (unpaired) electrons. The fourth-order valence-electron chi connectivity index (χ4n) is 2.51. The maximum atomic E-state index is 6.13. The standard InChI is InChI=1S/C15H27NO/c1-6-16(7-2)13-9-12-15(5)11-8-10-14(3,4)17-15/h6-8,10-11,13H2,1-5H3/p+1/t15-/m0/s1. The van der Waals surface area contributed by atoms with E-state index in [-0.39, 0.29) is 11.2 Å².